The lowest BCUT2D eigenvalue weighted by atomic mass is 10.2. The molecule has 2 aromatic rings. The van der Waals surface area contributed by atoms with Crippen LogP contribution in [0, 0.1) is 0 Å². The van der Waals surface area contributed by atoms with E-state index in [9.17, 15) is 18.0 Å². The van der Waals surface area contributed by atoms with Crippen molar-refractivity contribution >= 4 is 23.3 Å². The predicted octanol–water partition coefficient (Wildman–Crippen LogP) is 4.26. The zero-order valence-electron chi connectivity index (χ0n) is 10.4. The van der Waals surface area contributed by atoms with Gasteiger partial charge in [-0.25, -0.2) is 4.79 Å². The topological polar surface area (TPSA) is 62.5 Å². The Hall–Kier alpha value is -2.15. The summed E-state index contributed by atoms with van der Waals surface area (Å²) in [6, 6.07) is 4.14. The molecule has 0 atom stereocenters. The number of rotatable bonds is 4. The van der Waals surface area contributed by atoms with E-state index >= 15 is 0 Å². The number of benzene rings is 1. The van der Waals surface area contributed by atoms with Crippen LogP contribution < -0.4 is 5.32 Å². The maximum absolute atomic E-state index is 12.5. The van der Waals surface area contributed by atoms with Gasteiger partial charge < -0.3 is 14.8 Å². The number of aromatic carboxylic acids is 1. The number of hydrogen-bond donors (Lipinski definition) is 2. The van der Waals surface area contributed by atoms with Crippen molar-refractivity contribution in [2.75, 3.05) is 5.32 Å². The van der Waals surface area contributed by atoms with E-state index < -0.39 is 17.7 Å². The number of hydrogen-bond acceptors (Lipinski definition) is 3. The van der Waals surface area contributed by atoms with Gasteiger partial charge in [-0.1, -0.05) is 11.6 Å². The average molecular weight is 320 g/mol. The van der Waals surface area contributed by atoms with E-state index in [2.05, 4.69) is 5.32 Å². The molecule has 8 heteroatoms. The highest BCUT2D eigenvalue weighted by molar-refractivity contribution is 6.33. The maximum Gasteiger partial charge on any atom is 0.416 e. The minimum atomic E-state index is -4.47. The number of anilines is 1. The van der Waals surface area contributed by atoms with Gasteiger partial charge in [0.1, 0.15) is 11.3 Å². The first-order valence-corrected chi connectivity index (χ1v) is 6.07. The fourth-order valence-corrected chi connectivity index (χ4v) is 1.93. The quantitative estimate of drug-likeness (QED) is 0.883. The van der Waals surface area contributed by atoms with Gasteiger partial charge in [-0.15, -0.1) is 0 Å². The molecular weight excluding hydrogens is 311 g/mol. The van der Waals surface area contributed by atoms with Gasteiger partial charge in [0.2, 0.25) is 0 Å². The minimum absolute atomic E-state index is 0.0142. The van der Waals surface area contributed by atoms with Gasteiger partial charge in [0.15, 0.2) is 0 Å². The second-order valence-corrected chi connectivity index (χ2v) is 4.52. The van der Waals surface area contributed by atoms with Gasteiger partial charge in [0.05, 0.1) is 29.1 Å². The Bertz CT molecular complexity index is 667. The third kappa shape index (κ3) is 3.49. The zero-order chi connectivity index (χ0) is 15.6. The molecular formula is C13H9ClF3NO3. The van der Waals surface area contributed by atoms with Crippen molar-refractivity contribution < 1.29 is 27.5 Å². The Labute approximate surface area is 122 Å². The van der Waals surface area contributed by atoms with Crippen LogP contribution in [0.1, 0.15) is 21.7 Å². The summed E-state index contributed by atoms with van der Waals surface area (Å²) < 4.78 is 42.5. The highest BCUT2D eigenvalue weighted by atomic mass is 35.5. The van der Waals surface area contributed by atoms with Gasteiger partial charge in [-0.2, -0.15) is 13.2 Å². The largest absolute Gasteiger partial charge is 0.478 e. The molecule has 0 unspecified atom stereocenters. The summed E-state index contributed by atoms with van der Waals surface area (Å²) in [5.41, 5.74) is -0.634. The van der Waals surface area contributed by atoms with Crippen LogP contribution in [-0.4, -0.2) is 11.1 Å². The Morgan fingerprint density at radius 3 is 2.62 bits per heavy atom. The van der Waals surface area contributed by atoms with E-state index in [-0.39, 0.29) is 28.6 Å². The molecule has 4 nitrogen and oxygen atoms in total. The smallest absolute Gasteiger partial charge is 0.416 e. The molecule has 0 amide bonds. The highest BCUT2D eigenvalue weighted by Gasteiger charge is 2.30. The molecule has 2 rings (SSSR count). The molecule has 2 N–H and O–H groups in total. The van der Waals surface area contributed by atoms with Crippen molar-refractivity contribution in [2.24, 2.45) is 0 Å². The lowest BCUT2D eigenvalue weighted by Crippen LogP contribution is -2.07. The van der Waals surface area contributed by atoms with Crippen molar-refractivity contribution in [1.82, 2.24) is 0 Å². The molecule has 0 aliphatic carbocycles. The van der Waals surface area contributed by atoms with Crippen LogP contribution in [0.2, 0.25) is 5.02 Å². The van der Waals surface area contributed by atoms with E-state index in [1.165, 1.54) is 18.4 Å². The van der Waals surface area contributed by atoms with E-state index in [4.69, 9.17) is 21.1 Å². The molecule has 0 radical (unpaired) electrons. The summed E-state index contributed by atoms with van der Waals surface area (Å²) in [4.78, 5) is 10.9. The van der Waals surface area contributed by atoms with Crippen molar-refractivity contribution in [3.8, 4) is 0 Å². The van der Waals surface area contributed by atoms with Crippen molar-refractivity contribution in [3.63, 3.8) is 0 Å². The van der Waals surface area contributed by atoms with E-state index in [1.807, 2.05) is 0 Å². The monoisotopic (exact) mass is 319 g/mol. The SMILES string of the molecule is O=C(O)c1ccoc1CNc1ccc(C(F)(F)F)cc1Cl. The molecule has 0 aliphatic heterocycles. The number of halogens is 4. The first-order valence-electron chi connectivity index (χ1n) is 5.69. The summed E-state index contributed by atoms with van der Waals surface area (Å²) >= 11 is 5.77. The van der Waals surface area contributed by atoms with Gasteiger partial charge in [0.25, 0.3) is 0 Å². The number of furan rings is 1. The molecule has 0 aliphatic rings. The first kappa shape index (κ1) is 15.2. The number of nitrogens with one attached hydrogen (secondary N) is 1. The van der Waals surface area contributed by atoms with Crippen molar-refractivity contribution in [3.05, 3.63) is 52.4 Å². The molecule has 1 aromatic carbocycles. The highest BCUT2D eigenvalue weighted by Crippen LogP contribution is 2.33. The minimum Gasteiger partial charge on any atom is -0.478 e. The van der Waals surface area contributed by atoms with Gasteiger partial charge in [0, 0.05) is 0 Å². The Kier molecular flexibility index (Phi) is 4.13. The normalized spacial score (nSPS) is 11.4. The summed E-state index contributed by atoms with van der Waals surface area (Å²) in [5, 5.41) is 11.5. The van der Waals surface area contributed by atoms with Gasteiger partial charge >= 0.3 is 12.1 Å². The number of carboxylic acid groups (broad SMARTS) is 1. The van der Waals surface area contributed by atoms with Gasteiger partial charge in [-0.05, 0) is 24.3 Å². The van der Waals surface area contributed by atoms with Crippen LogP contribution in [0.5, 0.6) is 0 Å². The summed E-state index contributed by atoms with van der Waals surface area (Å²) in [6.07, 6.45) is -3.26. The van der Waals surface area contributed by atoms with Crippen LogP contribution in [0.15, 0.2) is 34.9 Å². The van der Waals surface area contributed by atoms with Crippen LogP contribution in [0.25, 0.3) is 0 Å². The fraction of sp³-hybridized carbons (Fsp3) is 0.154. The summed E-state index contributed by atoms with van der Waals surface area (Å²) in [6.45, 7) is -0.0142. The van der Waals surface area contributed by atoms with Crippen molar-refractivity contribution in [2.45, 2.75) is 12.7 Å². The molecule has 0 saturated heterocycles. The lowest BCUT2D eigenvalue weighted by Gasteiger charge is -2.11. The average Bonchev–Trinajstić information content (AvgIpc) is 2.84. The predicted molar refractivity (Wildman–Crippen MR) is 69.4 cm³/mol. The first-order chi connectivity index (χ1) is 9.79. The van der Waals surface area contributed by atoms with Crippen LogP contribution in [-0.2, 0) is 12.7 Å². The molecule has 112 valence electrons. The second-order valence-electron chi connectivity index (χ2n) is 4.11. The summed E-state index contributed by atoms with van der Waals surface area (Å²) in [7, 11) is 0. The molecule has 0 spiro atoms. The van der Waals surface area contributed by atoms with Crippen LogP contribution in [0.4, 0.5) is 18.9 Å². The summed E-state index contributed by atoms with van der Waals surface area (Å²) in [5.74, 6) is -1.00. The van der Waals surface area contributed by atoms with Crippen LogP contribution >= 0.6 is 11.6 Å². The Morgan fingerprint density at radius 2 is 2.05 bits per heavy atom. The Morgan fingerprint density at radius 1 is 1.33 bits per heavy atom. The van der Waals surface area contributed by atoms with Crippen LogP contribution in [0.3, 0.4) is 0 Å². The van der Waals surface area contributed by atoms with E-state index in [0.29, 0.717) is 0 Å². The van der Waals surface area contributed by atoms with E-state index in [1.54, 1.807) is 0 Å². The molecule has 1 aromatic heterocycles. The third-order valence-corrected chi connectivity index (χ3v) is 3.02. The number of carbonyl (C=O) groups is 1. The molecule has 0 bridgehead atoms. The molecule has 0 saturated carbocycles. The van der Waals surface area contributed by atoms with E-state index in [0.717, 1.165) is 12.1 Å². The fourth-order valence-electron chi connectivity index (χ4n) is 1.68. The Balaban J connectivity index is 2.14. The van der Waals surface area contributed by atoms with Crippen molar-refractivity contribution in [1.29, 1.82) is 0 Å². The molecule has 1 heterocycles. The standard InChI is InChI=1S/C13H9ClF3NO3/c14-9-5-7(13(15,16)17)1-2-10(9)18-6-11-8(12(19)20)3-4-21-11/h1-5,18H,6H2,(H,19,20). The lowest BCUT2D eigenvalue weighted by molar-refractivity contribution is -0.137. The number of alkyl halides is 3. The molecule has 21 heavy (non-hydrogen) atoms. The zero-order valence-corrected chi connectivity index (χ0v) is 11.1. The maximum atomic E-state index is 12.5. The van der Waals surface area contributed by atoms with Gasteiger partial charge in [-0.3, -0.25) is 0 Å². The third-order valence-electron chi connectivity index (χ3n) is 2.71. The second kappa shape index (κ2) is 5.69. The number of carboxylic acids is 1. The molecule has 0 fully saturated rings.